The Bertz CT molecular complexity index is 715. The van der Waals surface area contributed by atoms with Gasteiger partial charge in [-0.2, -0.15) is 0 Å². The highest BCUT2D eigenvalue weighted by molar-refractivity contribution is 6.52. The van der Waals surface area contributed by atoms with Gasteiger partial charge < -0.3 is 9.47 Å². The van der Waals surface area contributed by atoms with E-state index in [0.717, 1.165) is 6.07 Å². The number of imidazole rings is 1. The van der Waals surface area contributed by atoms with Gasteiger partial charge in [-0.15, -0.1) is 0 Å². The molecule has 108 valence electrons. The Labute approximate surface area is 124 Å². The summed E-state index contributed by atoms with van der Waals surface area (Å²) in [5, 5.41) is -0.157. The van der Waals surface area contributed by atoms with Crippen molar-refractivity contribution in [2.45, 2.75) is 13.0 Å². The summed E-state index contributed by atoms with van der Waals surface area (Å²) in [6, 6.07) is 2.35. The van der Waals surface area contributed by atoms with Crippen LogP contribution in [0.1, 0.15) is 16.8 Å². The van der Waals surface area contributed by atoms with Gasteiger partial charge in [0.1, 0.15) is 5.82 Å². The lowest BCUT2D eigenvalue weighted by Gasteiger charge is -2.16. The first-order chi connectivity index (χ1) is 10.1. The molecule has 1 aromatic heterocycles. The second-order valence-electron chi connectivity index (χ2n) is 4.72. The van der Waals surface area contributed by atoms with Gasteiger partial charge in [0.05, 0.1) is 22.6 Å². The highest BCUT2D eigenvalue weighted by Gasteiger charge is 2.36. The number of carbonyl (C=O) groups excluding carboxylic acids is 2. The number of hydrogen-bond acceptors (Lipinski definition) is 3. The minimum Gasteiger partial charge on any atom is -0.337 e. The molecule has 0 saturated carbocycles. The van der Waals surface area contributed by atoms with E-state index in [1.807, 2.05) is 10.8 Å². The fraction of sp³-hybridized carbons (Fsp3) is 0.214. The number of nitrogens with zero attached hydrogens (tertiary/aromatic N) is 3. The van der Waals surface area contributed by atoms with Crippen LogP contribution in [0.4, 0.5) is 10.1 Å². The van der Waals surface area contributed by atoms with Gasteiger partial charge in [0.2, 0.25) is 0 Å². The molecule has 0 atom stereocenters. The van der Waals surface area contributed by atoms with Crippen molar-refractivity contribution in [1.29, 1.82) is 0 Å². The summed E-state index contributed by atoms with van der Waals surface area (Å²) < 4.78 is 15.4. The Morgan fingerprint density at radius 3 is 2.76 bits per heavy atom. The molecular formula is C14H11ClFN3O2. The molecular weight excluding hydrogens is 297 g/mol. The van der Waals surface area contributed by atoms with Gasteiger partial charge in [-0.05, 0) is 18.6 Å². The molecule has 1 amide bonds. The van der Waals surface area contributed by atoms with Crippen LogP contribution in [0.25, 0.3) is 0 Å². The van der Waals surface area contributed by atoms with Crippen LogP contribution in [-0.4, -0.2) is 27.8 Å². The SMILES string of the molecule is O=C1C(=O)N(CCCn2ccnc2)c2cc(F)c(Cl)cc21. The van der Waals surface area contributed by atoms with E-state index < -0.39 is 17.5 Å². The molecule has 3 rings (SSSR count). The van der Waals surface area contributed by atoms with Gasteiger partial charge in [-0.3, -0.25) is 9.59 Å². The summed E-state index contributed by atoms with van der Waals surface area (Å²) in [5.74, 6) is -1.93. The minimum atomic E-state index is -0.644. The van der Waals surface area contributed by atoms with Gasteiger partial charge in [0.25, 0.3) is 11.7 Å². The predicted octanol–water partition coefficient (Wildman–Crippen LogP) is 2.30. The van der Waals surface area contributed by atoms with E-state index in [1.54, 1.807) is 12.5 Å². The minimum absolute atomic E-state index is 0.157. The number of benzene rings is 1. The third-order valence-corrected chi connectivity index (χ3v) is 3.66. The molecule has 0 saturated heterocycles. The highest BCUT2D eigenvalue weighted by atomic mass is 35.5. The van der Waals surface area contributed by atoms with Gasteiger partial charge in [0, 0.05) is 25.5 Å². The van der Waals surface area contributed by atoms with Crippen molar-refractivity contribution in [2.75, 3.05) is 11.4 Å². The summed E-state index contributed by atoms with van der Waals surface area (Å²) in [7, 11) is 0. The smallest absolute Gasteiger partial charge is 0.299 e. The molecule has 1 aliphatic heterocycles. The van der Waals surface area contributed by atoms with Gasteiger partial charge in [-0.25, -0.2) is 9.37 Å². The van der Waals surface area contributed by atoms with Crippen molar-refractivity contribution in [3.05, 3.63) is 47.3 Å². The number of aryl methyl sites for hydroxylation is 1. The summed E-state index contributed by atoms with van der Waals surface area (Å²) in [4.78, 5) is 29.1. The summed E-state index contributed by atoms with van der Waals surface area (Å²) in [6.45, 7) is 0.986. The molecule has 0 radical (unpaired) electrons. The Balaban J connectivity index is 1.79. The average molecular weight is 308 g/mol. The number of carbonyl (C=O) groups is 2. The van der Waals surface area contributed by atoms with Crippen molar-refractivity contribution >= 4 is 29.0 Å². The van der Waals surface area contributed by atoms with Crippen LogP contribution in [0, 0.1) is 5.82 Å². The van der Waals surface area contributed by atoms with E-state index in [-0.39, 0.29) is 16.3 Å². The molecule has 0 bridgehead atoms. The van der Waals surface area contributed by atoms with Gasteiger partial charge in [-0.1, -0.05) is 11.6 Å². The lowest BCUT2D eigenvalue weighted by Crippen LogP contribution is -2.31. The van der Waals surface area contributed by atoms with E-state index in [9.17, 15) is 14.0 Å². The Hall–Kier alpha value is -2.21. The summed E-state index contributed by atoms with van der Waals surface area (Å²) in [5.41, 5.74) is 0.451. The monoisotopic (exact) mass is 307 g/mol. The number of ketones is 1. The van der Waals surface area contributed by atoms with E-state index >= 15 is 0 Å². The lowest BCUT2D eigenvalue weighted by molar-refractivity contribution is -0.114. The number of fused-ring (bicyclic) bond motifs is 1. The third-order valence-electron chi connectivity index (χ3n) is 3.37. The van der Waals surface area contributed by atoms with E-state index in [2.05, 4.69) is 4.98 Å². The van der Waals surface area contributed by atoms with Crippen molar-refractivity contribution in [3.63, 3.8) is 0 Å². The Morgan fingerprint density at radius 1 is 1.24 bits per heavy atom. The molecule has 2 heterocycles. The quantitative estimate of drug-likeness (QED) is 0.814. The number of hydrogen-bond donors (Lipinski definition) is 0. The predicted molar refractivity (Wildman–Crippen MR) is 74.9 cm³/mol. The molecule has 0 aliphatic carbocycles. The fourth-order valence-corrected chi connectivity index (χ4v) is 2.50. The number of anilines is 1. The average Bonchev–Trinajstić information content (AvgIpc) is 3.04. The standard InChI is InChI=1S/C14H11ClFN3O2/c15-10-6-9-12(7-11(10)16)19(14(21)13(9)20)4-1-3-18-5-2-17-8-18/h2,5-8H,1,3-4H2. The van der Waals surface area contributed by atoms with Crippen molar-refractivity contribution in [1.82, 2.24) is 9.55 Å². The van der Waals surface area contributed by atoms with Crippen LogP contribution in [-0.2, 0) is 11.3 Å². The maximum absolute atomic E-state index is 13.6. The molecule has 0 spiro atoms. The van der Waals surface area contributed by atoms with Crippen molar-refractivity contribution in [3.8, 4) is 0 Å². The second-order valence-corrected chi connectivity index (χ2v) is 5.13. The lowest BCUT2D eigenvalue weighted by atomic mass is 10.1. The number of halogens is 2. The molecule has 1 aliphatic rings. The molecule has 5 nitrogen and oxygen atoms in total. The molecule has 21 heavy (non-hydrogen) atoms. The van der Waals surface area contributed by atoms with E-state index in [4.69, 9.17) is 11.6 Å². The number of rotatable bonds is 4. The molecule has 0 N–H and O–H groups in total. The summed E-state index contributed by atoms with van der Waals surface area (Å²) in [6.07, 6.45) is 5.77. The normalized spacial score (nSPS) is 13.9. The zero-order chi connectivity index (χ0) is 15.0. The van der Waals surface area contributed by atoms with Crippen molar-refractivity contribution in [2.24, 2.45) is 0 Å². The second kappa shape index (κ2) is 5.29. The number of Topliss-reactive ketones (excluding diaryl/α,β-unsaturated/α-hetero) is 1. The van der Waals surface area contributed by atoms with Crippen molar-refractivity contribution < 1.29 is 14.0 Å². The molecule has 7 heteroatoms. The first kappa shape index (κ1) is 13.8. The summed E-state index contributed by atoms with van der Waals surface area (Å²) >= 11 is 5.66. The van der Waals surface area contributed by atoms with Crippen LogP contribution in [0.5, 0.6) is 0 Å². The van der Waals surface area contributed by atoms with Gasteiger partial charge in [0.15, 0.2) is 0 Å². The molecule has 1 aromatic carbocycles. The molecule has 2 aromatic rings. The largest absolute Gasteiger partial charge is 0.337 e. The fourth-order valence-electron chi connectivity index (χ4n) is 2.34. The molecule has 0 unspecified atom stereocenters. The zero-order valence-electron chi connectivity index (χ0n) is 10.9. The first-order valence-corrected chi connectivity index (χ1v) is 6.76. The van der Waals surface area contributed by atoms with E-state index in [0.29, 0.717) is 19.5 Å². The Morgan fingerprint density at radius 2 is 2.05 bits per heavy atom. The molecule has 0 fully saturated rings. The van der Waals surface area contributed by atoms with Crippen LogP contribution in [0.15, 0.2) is 30.9 Å². The number of aromatic nitrogens is 2. The zero-order valence-corrected chi connectivity index (χ0v) is 11.7. The van der Waals surface area contributed by atoms with Gasteiger partial charge >= 0.3 is 0 Å². The van der Waals surface area contributed by atoms with Crippen LogP contribution in [0.2, 0.25) is 5.02 Å². The number of amides is 1. The maximum Gasteiger partial charge on any atom is 0.299 e. The Kier molecular flexibility index (Phi) is 3.47. The highest BCUT2D eigenvalue weighted by Crippen LogP contribution is 2.33. The van der Waals surface area contributed by atoms with E-state index in [1.165, 1.54) is 11.0 Å². The third kappa shape index (κ3) is 2.42. The topological polar surface area (TPSA) is 55.2 Å². The van der Waals surface area contributed by atoms with Crippen LogP contribution in [0.3, 0.4) is 0 Å². The van der Waals surface area contributed by atoms with Crippen LogP contribution < -0.4 is 4.90 Å². The first-order valence-electron chi connectivity index (χ1n) is 6.39. The van der Waals surface area contributed by atoms with Crippen LogP contribution >= 0.6 is 11.6 Å². The maximum atomic E-state index is 13.6.